The molecular weight excluding hydrogens is 278 g/mol. The first kappa shape index (κ1) is 15.1. The second-order valence-corrected chi connectivity index (χ2v) is 5.71. The van der Waals surface area contributed by atoms with Crippen molar-refractivity contribution in [2.45, 2.75) is 43.4 Å². The molecule has 1 heterocycles. The van der Waals surface area contributed by atoms with E-state index in [1.165, 1.54) is 24.0 Å². The minimum atomic E-state index is -0.273. The number of aromatic nitrogens is 2. The van der Waals surface area contributed by atoms with Crippen molar-refractivity contribution in [3.8, 4) is 0 Å². The number of nitrogens with zero attached hydrogens (tertiary/aromatic N) is 1. The Balaban J connectivity index is 1.81. The van der Waals surface area contributed by atoms with Gasteiger partial charge < -0.3 is 15.0 Å². The van der Waals surface area contributed by atoms with Crippen LogP contribution in [0.2, 0.25) is 0 Å². The van der Waals surface area contributed by atoms with E-state index in [1.54, 1.807) is 6.92 Å². The molecule has 1 aliphatic rings. The molecule has 0 amide bonds. The quantitative estimate of drug-likeness (QED) is 0.422. The van der Waals surface area contributed by atoms with E-state index in [0.29, 0.717) is 30.0 Å². The number of esters is 1. The second-order valence-electron chi connectivity index (χ2n) is 4.62. The molecule has 2 rings (SSSR count). The fourth-order valence-corrected chi connectivity index (χ4v) is 2.60. The van der Waals surface area contributed by atoms with Gasteiger partial charge in [-0.25, -0.2) is 4.98 Å². The first-order chi connectivity index (χ1) is 9.69. The highest BCUT2D eigenvalue weighted by molar-refractivity contribution is 7.99. The SMILES string of the molecule is CCOC(=O)C(CCSc1nccc(=O)[nH]1)NC1CC1. The van der Waals surface area contributed by atoms with Crippen molar-refractivity contribution < 1.29 is 9.53 Å². The summed E-state index contributed by atoms with van der Waals surface area (Å²) in [6.07, 6.45) is 4.37. The molecule has 0 saturated heterocycles. The number of aromatic amines is 1. The van der Waals surface area contributed by atoms with Crippen LogP contribution in [0.15, 0.2) is 22.2 Å². The van der Waals surface area contributed by atoms with Gasteiger partial charge in [-0.1, -0.05) is 11.8 Å². The van der Waals surface area contributed by atoms with Crippen molar-refractivity contribution in [1.82, 2.24) is 15.3 Å². The van der Waals surface area contributed by atoms with Crippen molar-refractivity contribution in [3.63, 3.8) is 0 Å². The first-order valence-electron chi connectivity index (χ1n) is 6.80. The molecule has 6 nitrogen and oxygen atoms in total. The van der Waals surface area contributed by atoms with Gasteiger partial charge in [0.25, 0.3) is 5.56 Å². The van der Waals surface area contributed by atoms with Gasteiger partial charge in [0.15, 0.2) is 5.16 Å². The Bertz CT molecular complexity index is 502. The van der Waals surface area contributed by atoms with Crippen molar-refractivity contribution in [2.75, 3.05) is 12.4 Å². The van der Waals surface area contributed by atoms with Gasteiger partial charge in [-0.05, 0) is 26.2 Å². The maximum Gasteiger partial charge on any atom is 0.323 e. The average molecular weight is 297 g/mol. The highest BCUT2D eigenvalue weighted by atomic mass is 32.2. The third-order valence-electron chi connectivity index (χ3n) is 2.88. The molecule has 0 radical (unpaired) electrons. The lowest BCUT2D eigenvalue weighted by Gasteiger charge is -2.16. The smallest absolute Gasteiger partial charge is 0.323 e. The predicted molar refractivity (Wildman–Crippen MR) is 76.8 cm³/mol. The van der Waals surface area contributed by atoms with Gasteiger partial charge >= 0.3 is 5.97 Å². The van der Waals surface area contributed by atoms with Crippen molar-refractivity contribution in [3.05, 3.63) is 22.6 Å². The molecule has 1 unspecified atom stereocenters. The van der Waals surface area contributed by atoms with Crippen molar-refractivity contribution >= 4 is 17.7 Å². The highest BCUT2D eigenvalue weighted by Gasteiger charge is 2.28. The topological polar surface area (TPSA) is 84.1 Å². The molecule has 7 heteroatoms. The normalized spacial score (nSPS) is 15.8. The van der Waals surface area contributed by atoms with Crippen LogP contribution in [-0.4, -0.2) is 40.4 Å². The van der Waals surface area contributed by atoms with E-state index >= 15 is 0 Å². The monoisotopic (exact) mass is 297 g/mol. The van der Waals surface area contributed by atoms with Crippen LogP contribution in [0, 0.1) is 0 Å². The number of nitrogens with one attached hydrogen (secondary N) is 2. The fourth-order valence-electron chi connectivity index (χ4n) is 1.75. The minimum Gasteiger partial charge on any atom is -0.465 e. The number of hydrogen-bond donors (Lipinski definition) is 2. The van der Waals surface area contributed by atoms with Crippen LogP contribution in [-0.2, 0) is 9.53 Å². The number of ether oxygens (including phenoxy) is 1. The summed E-state index contributed by atoms with van der Waals surface area (Å²) in [6, 6.07) is 1.55. The fraction of sp³-hybridized carbons (Fsp3) is 0.615. The minimum absolute atomic E-state index is 0.166. The van der Waals surface area contributed by atoms with E-state index in [0.717, 1.165) is 12.8 Å². The maximum absolute atomic E-state index is 11.8. The number of thioether (sulfide) groups is 1. The van der Waals surface area contributed by atoms with Crippen molar-refractivity contribution in [2.24, 2.45) is 0 Å². The van der Waals surface area contributed by atoms with Gasteiger partial charge in [-0.15, -0.1) is 0 Å². The number of H-pyrrole nitrogens is 1. The zero-order valence-electron chi connectivity index (χ0n) is 11.4. The molecule has 1 atom stereocenters. The Morgan fingerprint density at radius 1 is 1.65 bits per heavy atom. The molecule has 0 aromatic carbocycles. The van der Waals surface area contributed by atoms with E-state index in [-0.39, 0.29) is 17.6 Å². The maximum atomic E-state index is 11.8. The lowest BCUT2D eigenvalue weighted by Crippen LogP contribution is -2.39. The summed E-state index contributed by atoms with van der Waals surface area (Å²) >= 11 is 1.43. The van der Waals surface area contributed by atoms with Crippen LogP contribution in [0.25, 0.3) is 0 Å². The van der Waals surface area contributed by atoms with Crippen LogP contribution in [0.3, 0.4) is 0 Å². The Morgan fingerprint density at radius 2 is 2.45 bits per heavy atom. The van der Waals surface area contributed by atoms with Crippen LogP contribution in [0.5, 0.6) is 0 Å². The molecule has 2 N–H and O–H groups in total. The molecule has 0 aliphatic heterocycles. The average Bonchev–Trinajstić information content (AvgIpc) is 3.22. The van der Waals surface area contributed by atoms with E-state index in [1.807, 2.05) is 0 Å². The number of rotatable bonds is 8. The van der Waals surface area contributed by atoms with Gasteiger partial charge in [0, 0.05) is 24.1 Å². The highest BCUT2D eigenvalue weighted by Crippen LogP contribution is 2.21. The molecule has 1 aromatic rings. The Hall–Kier alpha value is -1.34. The van der Waals surface area contributed by atoms with Crippen molar-refractivity contribution in [1.29, 1.82) is 0 Å². The van der Waals surface area contributed by atoms with E-state index < -0.39 is 0 Å². The van der Waals surface area contributed by atoms with Crippen LogP contribution in [0.4, 0.5) is 0 Å². The Kier molecular flexibility index (Phi) is 5.60. The lowest BCUT2D eigenvalue weighted by molar-refractivity contribution is -0.145. The molecule has 1 aliphatic carbocycles. The lowest BCUT2D eigenvalue weighted by atomic mass is 10.2. The molecule has 0 spiro atoms. The molecular formula is C13H19N3O3S. The standard InChI is InChI=1S/C13H19N3O3S/c1-2-19-12(18)10(15-9-3-4-9)6-8-20-13-14-7-5-11(17)16-13/h5,7,9-10,15H,2-4,6,8H2,1H3,(H,14,16,17). The van der Waals surface area contributed by atoms with E-state index in [4.69, 9.17) is 4.74 Å². The molecule has 20 heavy (non-hydrogen) atoms. The largest absolute Gasteiger partial charge is 0.465 e. The predicted octanol–water partition coefficient (Wildman–Crippen LogP) is 0.936. The Labute approximate surface area is 121 Å². The summed E-state index contributed by atoms with van der Waals surface area (Å²) in [5, 5.41) is 3.87. The zero-order valence-corrected chi connectivity index (χ0v) is 12.2. The summed E-state index contributed by atoms with van der Waals surface area (Å²) in [4.78, 5) is 29.7. The molecule has 0 bridgehead atoms. The van der Waals surface area contributed by atoms with Gasteiger partial charge in [0.2, 0.25) is 0 Å². The number of hydrogen-bond acceptors (Lipinski definition) is 6. The molecule has 110 valence electrons. The van der Waals surface area contributed by atoms with Gasteiger partial charge in [-0.3, -0.25) is 9.59 Å². The third kappa shape index (κ3) is 4.97. The molecule has 1 aromatic heterocycles. The Morgan fingerprint density at radius 3 is 3.10 bits per heavy atom. The summed E-state index contributed by atoms with van der Waals surface area (Å²) in [6.45, 7) is 2.20. The summed E-state index contributed by atoms with van der Waals surface area (Å²) in [5.41, 5.74) is -0.166. The second kappa shape index (κ2) is 7.44. The first-order valence-corrected chi connectivity index (χ1v) is 7.78. The zero-order chi connectivity index (χ0) is 14.4. The van der Waals surface area contributed by atoms with Crippen LogP contribution in [0.1, 0.15) is 26.2 Å². The summed E-state index contributed by atoms with van der Waals surface area (Å²) in [7, 11) is 0. The van der Waals surface area contributed by atoms with Gasteiger partial charge in [0.1, 0.15) is 6.04 Å². The van der Waals surface area contributed by atoms with E-state index in [9.17, 15) is 9.59 Å². The number of carbonyl (C=O) groups excluding carboxylic acids is 1. The number of carbonyl (C=O) groups is 1. The molecule has 1 fully saturated rings. The van der Waals surface area contributed by atoms with Crippen LogP contribution >= 0.6 is 11.8 Å². The van der Waals surface area contributed by atoms with E-state index in [2.05, 4.69) is 15.3 Å². The third-order valence-corrected chi connectivity index (χ3v) is 3.80. The van der Waals surface area contributed by atoms with Gasteiger partial charge in [-0.2, -0.15) is 0 Å². The summed E-state index contributed by atoms with van der Waals surface area (Å²) < 4.78 is 5.07. The van der Waals surface area contributed by atoms with Gasteiger partial charge in [0.05, 0.1) is 6.61 Å². The van der Waals surface area contributed by atoms with Crippen LogP contribution < -0.4 is 10.9 Å². The summed E-state index contributed by atoms with van der Waals surface area (Å²) in [5.74, 6) is 0.491. The molecule has 1 saturated carbocycles.